The number of hydrogen-bond acceptors (Lipinski definition) is 5. The topological polar surface area (TPSA) is 59.1 Å². The van der Waals surface area contributed by atoms with E-state index in [-0.39, 0.29) is 16.7 Å². The predicted octanol–water partition coefficient (Wildman–Crippen LogP) is 2.61. The van der Waals surface area contributed by atoms with Crippen molar-refractivity contribution in [1.29, 1.82) is 0 Å². The van der Waals surface area contributed by atoms with Crippen LogP contribution < -0.4 is 0 Å². The molecular formula is C18H32N2O4S. The number of hydrogen-bond donors (Lipinski definition) is 0. The minimum absolute atomic E-state index is 0.0611. The summed E-state index contributed by atoms with van der Waals surface area (Å²) in [6.45, 7) is 12.6. The van der Waals surface area contributed by atoms with Gasteiger partial charge in [0.25, 0.3) is 0 Å². The van der Waals surface area contributed by atoms with Crippen LogP contribution in [0.3, 0.4) is 0 Å². The van der Waals surface area contributed by atoms with Gasteiger partial charge in [-0.3, -0.25) is 4.79 Å². The van der Waals surface area contributed by atoms with Gasteiger partial charge in [-0.25, -0.2) is 4.79 Å². The molecule has 6 nitrogen and oxygen atoms in total. The number of amides is 2. The van der Waals surface area contributed by atoms with Crippen LogP contribution in [0.25, 0.3) is 0 Å². The zero-order valence-electron chi connectivity index (χ0n) is 16.4. The molecule has 0 spiro atoms. The zero-order valence-corrected chi connectivity index (χ0v) is 17.2. The normalized spacial score (nSPS) is 26.6. The summed E-state index contributed by atoms with van der Waals surface area (Å²) in [5, 5.41) is 0. The molecule has 2 heterocycles. The summed E-state index contributed by atoms with van der Waals surface area (Å²) in [5.41, 5.74) is -1.20. The van der Waals surface area contributed by atoms with Crippen LogP contribution in [-0.4, -0.2) is 77.8 Å². The van der Waals surface area contributed by atoms with Gasteiger partial charge in [-0.05, 0) is 41.0 Å². The molecule has 0 bridgehead atoms. The first kappa shape index (κ1) is 20.4. The molecule has 0 N–H and O–H groups in total. The first-order valence-electron chi connectivity index (χ1n) is 8.88. The lowest BCUT2D eigenvalue weighted by molar-refractivity contribution is -0.144. The predicted molar refractivity (Wildman–Crippen MR) is 99.9 cm³/mol. The fourth-order valence-electron chi connectivity index (χ4n) is 3.51. The molecule has 1 atom stereocenters. The second-order valence-corrected chi connectivity index (χ2v) is 10.5. The molecule has 2 amide bonds. The molecule has 2 fully saturated rings. The molecule has 0 radical (unpaired) electrons. The Morgan fingerprint density at radius 1 is 1.12 bits per heavy atom. The standard InChI is InChI=1S/C18H32N2O4S/c1-16(2,3)24-15(22)20-8-7-18(12-20,13-23-6)14(21)19-9-10-25-17(4,5)11-19/h7-13H2,1-6H3. The highest BCUT2D eigenvalue weighted by molar-refractivity contribution is 8.00. The smallest absolute Gasteiger partial charge is 0.410 e. The largest absolute Gasteiger partial charge is 0.444 e. The van der Waals surface area contributed by atoms with Gasteiger partial charge in [-0.15, -0.1) is 0 Å². The van der Waals surface area contributed by atoms with Gasteiger partial charge in [0, 0.05) is 43.8 Å². The molecule has 0 aromatic carbocycles. The average molecular weight is 373 g/mol. The summed E-state index contributed by atoms with van der Waals surface area (Å²) in [7, 11) is 1.61. The first-order valence-corrected chi connectivity index (χ1v) is 9.87. The van der Waals surface area contributed by atoms with E-state index in [0.29, 0.717) is 26.1 Å². The number of thioether (sulfide) groups is 1. The van der Waals surface area contributed by atoms with Crippen LogP contribution >= 0.6 is 11.8 Å². The summed E-state index contributed by atoms with van der Waals surface area (Å²) in [6.07, 6.45) is 0.260. The van der Waals surface area contributed by atoms with E-state index in [9.17, 15) is 9.59 Å². The van der Waals surface area contributed by atoms with Crippen molar-refractivity contribution < 1.29 is 19.1 Å². The number of rotatable bonds is 3. The van der Waals surface area contributed by atoms with Gasteiger partial charge >= 0.3 is 6.09 Å². The minimum atomic E-state index is -0.663. The monoisotopic (exact) mass is 372 g/mol. The second kappa shape index (κ2) is 7.35. The third-order valence-corrected chi connectivity index (χ3v) is 5.89. The fraction of sp³-hybridized carbons (Fsp3) is 0.889. The fourth-order valence-corrected chi connectivity index (χ4v) is 4.62. The summed E-state index contributed by atoms with van der Waals surface area (Å²) >= 11 is 1.90. The summed E-state index contributed by atoms with van der Waals surface area (Å²) in [5.74, 6) is 1.05. The van der Waals surface area contributed by atoms with E-state index in [1.54, 1.807) is 12.0 Å². The van der Waals surface area contributed by atoms with Crippen LogP contribution in [0.2, 0.25) is 0 Å². The molecule has 1 unspecified atom stereocenters. The minimum Gasteiger partial charge on any atom is -0.444 e. The van der Waals surface area contributed by atoms with E-state index in [1.807, 2.05) is 37.4 Å². The molecule has 144 valence electrons. The van der Waals surface area contributed by atoms with Crippen molar-refractivity contribution in [2.45, 2.75) is 51.4 Å². The molecule has 2 saturated heterocycles. The Labute approximate surface area is 155 Å². The Morgan fingerprint density at radius 2 is 1.80 bits per heavy atom. The third kappa shape index (κ3) is 5.03. The van der Waals surface area contributed by atoms with Crippen molar-refractivity contribution in [1.82, 2.24) is 9.80 Å². The molecule has 25 heavy (non-hydrogen) atoms. The van der Waals surface area contributed by atoms with Crippen LogP contribution in [0.4, 0.5) is 4.79 Å². The second-order valence-electron chi connectivity index (χ2n) is 8.70. The van der Waals surface area contributed by atoms with Crippen LogP contribution in [0.1, 0.15) is 41.0 Å². The van der Waals surface area contributed by atoms with E-state index >= 15 is 0 Å². The molecule has 0 aliphatic carbocycles. The van der Waals surface area contributed by atoms with E-state index in [4.69, 9.17) is 9.47 Å². The molecule has 7 heteroatoms. The Balaban J connectivity index is 2.11. The number of carbonyl (C=O) groups is 2. The van der Waals surface area contributed by atoms with E-state index in [1.165, 1.54) is 0 Å². The van der Waals surface area contributed by atoms with E-state index < -0.39 is 11.0 Å². The van der Waals surface area contributed by atoms with Gasteiger partial charge in [0.1, 0.15) is 5.60 Å². The molecule has 0 saturated carbocycles. The van der Waals surface area contributed by atoms with Crippen LogP contribution in [0.5, 0.6) is 0 Å². The van der Waals surface area contributed by atoms with E-state index in [2.05, 4.69) is 13.8 Å². The van der Waals surface area contributed by atoms with Gasteiger partial charge in [0.05, 0.1) is 12.0 Å². The SMILES string of the molecule is COCC1(C(=O)N2CCSC(C)(C)C2)CCN(C(=O)OC(C)(C)C)C1. The Morgan fingerprint density at radius 3 is 2.36 bits per heavy atom. The highest BCUT2D eigenvalue weighted by Crippen LogP contribution is 2.37. The van der Waals surface area contributed by atoms with Crippen molar-refractivity contribution in [3.63, 3.8) is 0 Å². The van der Waals surface area contributed by atoms with Crippen LogP contribution in [0, 0.1) is 5.41 Å². The van der Waals surface area contributed by atoms with Crippen molar-refractivity contribution >= 4 is 23.8 Å². The maximum absolute atomic E-state index is 13.3. The quantitative estimate of drug-likeness (QED) is 0.762. The van der Waals surface area contributed by atoms with Gasteiger partial charge in [0.15, 0.2) is 0 Å². The third-order valence-electron chi connectivity index (χ3n) is 4.59. The Hall–Kier alpha value is -0.950. The zero-order chi connectivity index (χ0) is 18.9. The van der Waals surface area contributed by atoms with Crippen molar-refractivity contribution in [3.05, 3.63) is 0 Å². The molecule has 2 aliphatic heterocycles. The lowest BCUT2D eigenvalue weighted by atomic mass is 9.86. The molecule has 0 aromatic rings. The molecule has 0 aromatic heterocycles. The lowest BCUT2D eigenvalue weighted by Crippen LogP contribution is -2.54. The number of likely N-dealkylation sites (tertiary alicyclic amines) is 1. The Bertz CT molecular complexity index is 518. The molecular weight excluding hydrogens is 340 g/mol. The van der Waals surface area contributed by atoms with Crippen molar-refractivity contribution in [2.75, 3.05) is 45.6 Å². The average Bonchev–Trinajstić information content (AvgIpc) is 2.89. The maximum Gasteiger partial charge on any atom is 0.410 e. The number of carbonyl (C=O) groups excluding carboxylic acids is 2. The van der Waals surface area contributed by atoms with Gasteiger partial charge in [-0.2, -0.15) is 11.8 Å². The first-order chi connectivity index (χ1) is 11.5. The number of ether oxygens (including phenoxy) is 2. The van der Waals surface area contributed by atoms with Crippen molar-refractivity contribution in [2.24, 2.45) is 5.41 Å². The summed E-state index contributed by atoms with van der Waals surface area (Å²) in [4.78, 5) is 29.3. The molecule has 2 rings (SSSR count). The van der Waals surface area contributed by atoms with Crippen LogP contribution in [-0.2, 0) is 14.3 Å². The number of nitrogens with zero attached hydrogens (tertiary/aromatic N) is 2. The number of methoxy groups -OCH3 is 1. The Kier molecular flexibility index (Phi) is 5.99. The van der Waals surface area contributed by atoms with Gasteiger partial charge in [-0.1, -0.05) is 0 Å². The highest BCUT2D eigenvalue weighted by atomic mass is 32.2. The maximum atomic E-state index is 13.3. The van der Waals surface area contributed by atoms with Gasteiger partial charge < -0.3 is 19.3 Å². The molecule has 2 aliphatic rings. The highest BCUT2D eigenvalue weighted by Gasteiger charge is 2.49. The summed E-state index contributed by atoms with van der Waals surface area (Å²) < 4.78 is 10.9. The van der Waals surface area contributed by atoms with Crippen molar-refractivity contribution in [3.8, 4) is 0 Å². The summed E-state index contributed by atoms with van der Waals surface area (Å²) in [6, 6.07) is 0. The van der Waals surface area contributed by atoms with Gasteiger partial charge in [0.2, 0.25) is 5.91 Å². The van der Waals surface area contributed by atoms with E-state index in [0.717, 1.165) is 18.8 Å². The van der Waals surface area contributed by atoms with Crippen LogP contribution in [0.15, 0.2) is 0 Å². The lowest BCUT2D eigenvalue weighted by Gasteiger charge is -2.41.